The molecule has 2 fully saturated rings. The van der Waals surface area contributed by atoms with Gasteiger partial charge in [0.2, 0.25) is 11.8 Å². The summed E-state index contributed by atoms with van der Waals surface area (Å²) in [4.78, 5) is 31.3. The van der Waals surface area contributed by atoms with Gasteiger partial charge < -0.3 is 29.2 Å². The smallest absolute Gasteiger partial charge is 0.253 e. The number of anilines is 1. The van der Waals surface area contributed by atoms with E-state index in [1.54, 1.807) is 29.4 Å². The van der Waals surface area contributed by atoms with Crippen LogP contribution < -0.4 is 19.5 Å². The van der Waals surface area contributed by atoms with Crippen molar-refractivity contribution in [3.8, 4) is 17.4 Å². The molecule has 1 aromatic carbocycles. The summed E-state index contributed by atoms with van der Waals surface area (Å²) in [7, 11) is 1.54. The summed E-state index contributed by atoms with van der Waals surface area (Å²) in [5, 5.41) is 7.04. The van der Waals surface area contributed by atoms with Gasteiger partial charge in [0.1, 0.15) is 30.3 Å². The van der Waals surface area contributed by atoms with E-state index in [1.807, 2.05) is 31.2 Å². The molecule has 3 aromatic rings. The van der Waals surface area contributed by atoms with Crippen LogP contribution in [0.2, 0.25) is 0 Å². The van der Waals surface area contributed by atoms with Crippen LogP contribution in [0.15, 0.2) is 55.0 Å². The second kappa shape index (κ2) is 11.3. The quantitative estimate of drug-likeness (QED) is 0.421. The molecule has 1 N–H and O–H groups in total. The van der Waals surface area contributed by atoms with Gasteiger partial charge in [-0.3, -0.25) is 14.3 Å². The van der Waals surface area contributed by atoms with E-state index >= 15 is 0 Å². The number of benzene rings is 1. The largest absolute Gasteiger partial charge is 0.493 e. The lowest BCUT2D eigenvalue weighted by molar-refractivity contribution is -0.145. The summed E-state index contributed by atoms with van der Waals surface area (Å²) in [5.74, 6) is 1.57. The predicted octanol–water partition coefficient (Wildman–Crippen LogP) is 2.70. The van der Waals surface area contributed by atoms with Gasteiger partial charge in [0.15, 0.2) is 0 Å². The summed E-state index contributed by atoms with van der Waals surface area (Å²) in [6, 6.07) is 11.4. The summed E-state index contributed by atoms with van der Waals surface area (Å²) in [6.07, 6.45) is 4.25. The maximum atomic E-state index is 12.8. The third kappa shape index (κ3) is 6.66. The standard InChI is InChI=1S/C28H33N5O6/c1-19-4-6-21(7-5-19)38-18-28(2)16-32(17-28)26(34)14-33-13-20(12-30-33)31-27(35)24-10-23(15-37-24)39-22-8-9-29-25(11-22)36-3/h4-9,11-13,23-24H,10,14-18H2,1-3H3,(H,31,35)/t23-,24+/m0/s1. The lowest BCUT2D eigenvalue weighted by atomic mass is 9.83. The molecule has 0 unspecified atom stereocenters. The van der Waals surface area contributed by atoms with Crippen molar-refractivity contribution in [1.82, 2.24) is 19.7 Å². The van der Waals surface area contributed by atoms with E-state index < -0.39 is 6.10 Å². The Labute approximate surface area is 227 Å². The number of ether oxygens (including phenoxy) is 4. The van der Waals surface area contributed by atoms with Gasteiger partial charge in [-0.15, -0.1) is 0 Å². The maximum absolute atomic E-state index is 12.8. The van der Waals surface area contributed by atoms with Gasteiger partial charge in [-0.05, 0) is 25.1 Å². The third-order valence-electron chi connectivity index (χ3n) is 6.78. The monoisotopic (exact) mass is 535 g/mol. The Morgan fingerprint density at radius 2 is 1.97 bits per heavy atom. The fourth-order valence-electron chi connectivity index (χ4n) is 4.64. The van der Waals surface area contributed by atoms with E-state index in [-0.39, 0.29) is 29.9 Å². The third-order valence-corrected chi connectivity index (χ3v) is 6.78. The summed E-state index contributed by atoms with van der Waals surface area (Å²) in [6.45, 7) is 6.32. The molecule has 11 nitrogen and oxygen atoms in total. The van der Waals surface area contributed by atoms with Gasteiger partial charge in [-0.1, -0.05) is 24.6 Å². The van der Waals surface area contributed by atoms with Crippen molar-refractivity contribution < 1.29 is 28.5 Å². The number of nitrogens with zero attached hydrogens (tertiary/aromatic N) is 4. The van der Waals surface area contributed by atoms with Crippen LogP contribution in [0.1, 0.15) is 18.9 Å². The fourth-order valence-corrected chi connectivity index (χ4v) is 4.64. The Balaban J connectivity index is 1.04. The van der Waals surface area contributed by atoms with E-state index in [2.05, 4.69) is 22.3 Å². The fraction of sp³-hybridized carbons (Fsp3) is 0.429. The Bertz CT molecular complexity index is 1300. The molecule has 0 saturated carbocycles. The molecule has 4 heterocycles. The van der Waals surface area contributed by atoms with Crippen molar-refractivity contribution in [2.75, 3.05) is 38.7 Å². The molecule has 5 rings (SSSR count). The highest BCUT2D eigenvalue weighted by molar-refractivity contribution is 5.94. The van der Waals surface area contributed by atoms with Crippen molar-refractivity contribution in [2.24, 2.45) is 5.41 Å². The minimum Gasteiger partial charge on any atom is -0.493 e. The zero-order valence-electron chi connectivity index (χ0n) is 22.3. The van der Waals surface area contributed by atoms with Crippen molar-refractivity contribution in [3.05, 3.63) is 60.6 Å². The Kier molecular flexibility index (Phi) is 7.69. The molecule has 2 amide bonds. The van der Waals surface area contributed by atoms with Crippen LogP contribution in [0.3, 0.4) is 0 Å². The number of hydrogen-bond donors (Lipinski definition) is 1. The number of pyridine rings is 1. The molecule has 206 valence electrons. The Hall–Kier alpha value is -4.12. The first-order valence-corrected chi connectivity index (χ1v) is 12.9. The van der Waals surface area contributed by atoms with Crippen LogP contribution in [0.5, 0.6) is 17.4 Å². The molecular formula is C28H33N5O6. The summed E-state index contributed by atoms with van der Waals surface area (Å²) < 4.78 is 24.1. The molecule has 39 heavy (non-hydrogen) atoms. The predicted molar refractivity (Wildman–Crippen MR) is 142 cm³/mol. The molecular weight excluding hydrogens is 502 g/mol. The molecule has 2 aromatic heterocycles. The van der Waals surface area contributed by atoms with Crippen LogP contribution in [0, 0.1) is 12.3 Å². The molecule has 2 saturated heterocycles. The highest BCUT2D eigenvalue weighted by Gasteiger charge is 2.42. The van der Waals surface area contributed by atoms with Crippen LogP contribution in [0.25, 0.3) is 0 Å². The molecule has 0 aliphatic carbocycles. The van der Waals surface area contributed by atoms with Crippen molar-refractivity contribution in [1.29, 1.82) is 0 Å². The zero-order valence-corrected chi connectivity index (χ0v) is 22.3. The average Bonchev–Trinajstić information content (AvgIpc) is 3.56. The van der Waals surface area contributed by atoms with E-state index in [4.69, 9.17) is 18.9 Å². The number of carbonyl (C=O) groups is 2. The van der Waals surface area contributed by atoms with Gasteiger partial charge in [-0.2, -0.15) is 5.10 Å². The number of likely N-dealkylation sites (tertiary alicyclic amines) is 1. The number of carbonyl (C=O) groups excluding carboxylic acids is 2. The number of amides is 2. The second-order valence-corrected chi connectivity index (χ2v) is 10.4. The second-order valence-electron chi connectivity index (χ2n) is 10.4. The minimum absolute atomic E-state index is 0.0318. The first-order valence-electron chi connectivity index (χ1n) is 12.9. The number of methoxy groups -OCH3 is 1. The van der Waals surface area contributed by atoms with Gasteiger partial charge >= 0.3 is 0 Å². The van der Waals surface area contributed by atoms with Crippen molar-refractivity contribution in [3.63, 3.8) is 0 Å². The maximum Gasteiger partial charge on any atom is 0.253 e. The van der Waals surface area contributed by atoms with Crippen LogP contribution in [-0.2, 0) is 20.9 Å². The highest BCUT2D eigenvalue weighted by atomic mass is 16.6. The molecule has 0 bridgehead atoms. The molecule has 2 aliphatic heterocycles. The summed E-state index contributed by atoms with van der Waals surface area (Å²) in [5.41, 5.74) is 1.60. The summed E-state index contributed by atoms with van der Waals surface area (Å²) >= 11 is 0. The Morgan fingerprint density at radius 3 is 2.74 bits per heavy atom. The van der Waals surface area contributed by atoms with Crippen molar-refractivity contribution >= 4 is 17.5 Å². The number of nitrogens with one attached hydrogen (secondary N) is 1. The van der Waals surface area contributed by atoms with Crippen LogP contribution in [0.4, 0.5) is 5.69 Å². The van der Waals surface area contributed by atoms with Gasteiger partial charge in [0.05, 0.1) is 32.2 Å². The zero-order chi connectivity index (χ0) is 27.4. The first-order chi connectivity index (χ1) is 18.8. The van der Waals surface area contributed by atoms with E-state index in [0.29, 0.717) is 50.0 Å². The van der Waals surface area contributed by atoms with E-state index in [9.17, 15) is 9.59 Å². The van der Waals surface area contributed by atoms with E-state index in [0.717, 1.165) is 5.75 Å². The first kappa shape index (κ1) is 26.5. The van der Waals surface area contributed by atoms with Gasteiger partial charge in [0, 0.05) is 43.4 Å². The van der Waals surface area contributed by atoms with Gasteiger partial charge in [-0.25, -0.2) is 4.98 Å². The normalized spacial score (nSPS) is 19.7. The molecule has 0 radical (unpaired) electrons. The van der Waals surface area contributed by atoms with E-state index in [1.165, 1.54) is 23.6 Å². The molecule has 11 heteroatoms. The number of aromatic nitrogens is 3. The molecule has 0 spiro atoms. The number of rotatable bonds is 10. The van der Waals surface area contributed by atoms with Crippen LogP contribution >= 0.6 is 0 Å². The average molecular weight is 536 g/mol. The Morgan fingerprint density at radius 1 is 1.18 bits per heavy atom. The molecule has 2 aliphatic rings. The minimum atomic E-state index is -0.649. The lowest BCUT2D eigenvalue weighted by Gasteiger charge is -2.47. The number of aryl methyl sites for hydroxylation is 1. The van der Waals surface area contributed by atoms with Gasteiger partial charge in [0.25, 0.3) is 5.91 Å². The lowest BCUT2D eigenvalue weighted by Crippen LogP contribution is -2.60. The topological polar surface area (TPSA) is 117 Å². The SMILES string of the molecule is COc1cc(O[C@@H]2CO[C@@H](C(=O)Nc3cnn(CC(=O)N4CC(C)(COc5ccc(C)cc5)C4)c3)C2)ccn1. The van der Waals surface area contributed by atoms with Crippen molar-refractivity contribution in [2.45, 2.75) is 39.0 Å². The van der Waals surface area contributed by atoms with Crippen LogP contribution in [-0.4, -0.2) is 77.1 Å². The number of hydrogen-bond acceptors (Lipinski definition) is 8. The molecule has 2 atom stereocenters. The highest BCUT2D eigenvalue weighted by Crippen LogP contribution is 2.31.